The maximum absolute atomic E-state index is 12.1. The third-order valence-corrected chi connectivity index (χ3v) is 11.9. The number of ether oxygens (including phenoxy) is 1. The van der Waals surface area contributed by atoms with Crippen molar-refractivity contribution in [2.75, 3.05) is 26.4 Å². The van der Waals surface area contributed by atoms with Crippen molar-refractivity contribution >= 4 is 19.7 Å². The van der Waals surface area contributed by atoms with E-state index in [0.29, 0.717) is 6.42 Å². The lowest BCUT2D eigenvalue weighted by molar-refractivity contribution is -0.147. The van der Waals surface area contributed by atoms with Crippen molar-refractivity contribution in [3.8, 4) is 0 Å². The lowest BCUT2D eigenvalue weighted by Crippen LogP contribution is -2.27. The van der Waals surface area contributed by atoms with Gasteiger partial charge in [-0.05, 0) is 44.9 Å². The molecule has 2 atom stereocenters. The number of rotatable bonds is 47. The Balaban J connectivity index is 3.53. The molecule has 0 aromatic heterocycles. The molecule has 10 heteroatoms. The first kappa shape index (κ1) is 57.5. The molecule has 59 heavy (non-hydrogen) atoms. The molecule has 0 spiro atoms. The summed E-state index contributed by atoms with van der Waals surface area (Å²) in [5.74, 6) is -0.507. The van der Waals surface area contributed by atoms with Gasteiger partial charge in [0.1, 0.15) is 12.7 Å². The number of aliphatic hydroxyl groups excluding tert-OH is 1. The first-order chi connectivity index (χ1) is 28.8. The summed E-state index contributed by atoms with van der Waals surface area (Å²) in [5.41, 5.74) is 0. The summed E-state index contributed by atoms with van der Waals surface area (Å²) >= 11 is 0. The molecule has 1 amide bonds. The van der Waals surface area contributed by atoms with Crippen molar-refractivity contribution < 1.29 is 37.9 Å². The van der Waals surface area contributed by atoms with Gasteiger partial charge >= 0.3 is 13.8 Å². The standard InChI is InChI=1S/C49H94NO8P/c1-3-5-7-9-11-13-15-17-19-20-21-22-23-24-25-26-28-29-31-33-35-37-39-41-48(52)50-43-44-57-59(54,55)58-46-47(51)45-56-49(53)42-40-38-36-34-32-30-27-18-16-14-12-10-8-6-4-2/h11,13,17,19,47,51H,3-10,12,14-16,18,20-46H2,1-2H3,(H,50,52)(H,54,55)/b13-11-,19-17-. The summed E-state index contributed by atoms with van der Waals surface area (Å²) in [6, 6.07) is 0. The maximum Gasteiger partial charge on any atom is 0.472 e. The number of aliphatic hydroxyl groups is 1. The van der Waals surface area contributed by atoms with E-state index in [2.05, 4.69) is 43.5 Å². The Kier molecular flexibility index (Phi) is 44.8. The van der Waals surface area contributed by atoms with E-state index < -0.39 is 26.5 Å². The Bertz CT molecular complexity index is 1020. The van der Waals surface area contributed by atoms with Crippen molar-refractivity contribution in [1.29, 1.82) is 0 Å². The van der Waals surface area contributed by atoms with Crippen LogP contribution in [0.4, 0.5) is 0 Å². The molecule has 0 aromatic carbocycles. The zero-order valence-electron chi connectivity index (χ0n) is 38.5. The summed E-state index contributed by atoms with van der Waals surface area (Å²) in [5, 5.41) is 12.7. The number of allylic oxidation sites excluding steroid dienone is 4. The van der Waals surface area contributed by atoms with E-state index in [9.17, 15) is 24.2 Å². The zero-order chi connectivity index (χ0) is 43.2. The maximum atomic E-state index is 12.1. The quantitative estimate of drug-likeness (QED) is 0.0239. The van der Waals surface area contributed by atoms with Gasteiger partial charge < -0.3 is 20.1 Å². The van der Waals surface area contributed by atoms with Crippen LogP contribution in [0.25, 0.3) is 0 Å². The van der Waals surface area contributed by atoms with Crippen LogP contribution in [0.3, 0.4) is 0 Å². The second-order valence-electron chi connectivity index (χ2n) is 16.8. The van der Waals surface area contributed by atoms with Crippen LogP contribution in [0, 0.1) is 0 Å². The number of phosphoric ester groups is 1. The highest BCUT2D eigenvalue weighted by molar-refractivity contribution is 7.47. The molecule has 348 valence electrons. The molecule has 2 unspecified atom stereocenters. The molecule has 0 aromatic rings. The predicted molar refractivity (Wildman–Crippen MR) is 248 cm³/mol. The minimum Gasteiger partial charge on any atom is -0.463 e. The third-order valence-electron chi connectivity index (χ3n) is 10.9. The fourth-order valence-electron chi connectivity index (χ4n) is 7.12. The number of hydrogen-bond donors (Lipinski definition) is 3. The van der Waals surface area contributed by atoms with Gasteiger partial charge in [0.15, 0.2) is 0 Å². The summed E-state index contributed by atoms with van der Waals surface area (Å²) in [6.07, 6.45) is 51.1. The van der Waals surface area contributed by atoms with Crippen LogP contribution in [-0.2, 0) is 27.9 Å². The largest absolute Gasteiger partial charge is 0.472 e. The molecule has 0 aliphatic carbocycles. The Labute approximate surface area is 363 Å². The molecule has 9 nitrogen and oxygen atoms in total. The zero-order valence-corrected chi connectivity index (χ0v) is 39.4. The molecular weight excluding hydrogens is 762 g/mol. The van der Waals surface area contributed by atoms with Crippen molar-refractivity contribution in [2.45, 2.75) is 251 Å². The lowest BCUT2D eigenvalue weighted by atomic mass is 10.0. The fraction of sp³-hybridized carbons (Fsp3) is 0.878. The minimum absolute atomic E-state index is 0.0843. The number of amides is 1. The van der Waals surface area contributed by atoms with Gasteiger partial charge in [-0.3, -0.25) is 18.6 Å². The van der Waals surface area contributed by atoms with E-state index in [1.54, 1.807) is 0 Å². The molecule has 0 aliphatic heterocycles. The average Bonchev–Trinajstić information content (AvgIpc) is 3.22. The SMILES string of the molecule is CCCCC/C=C\C/C=C\CCCCCCCCCCCCCCCC(=O)NCCOP(=O)(O)OCC(O)COC(=O)CCCCCCCCCCCCCCCCC. The second-order valence-corrected chi connectivity index (χ2v) is 18.2. The van der Waals surface area contributed by atoms with Gasteiger partial charge in [0.25, 0.3) is 0 Å². The summed E-state index contributed by atoms with van der Waals surface area (Å²) in [4.78, 5) is 34.0. The molecule has 0 radical (unpaired) electrons. The van der Waals surface area contributed by atoms with Crippen LogP contribution in [0.1, 0.15) is 245 Å². The Morgan fingerprint density at radius 3 is 1.39 bits per heavy atom. The van der Waals surface area contributed by atoms with E-state index in [1.807, 2.05) is 0 Å². The topological polar surface area (TPSA) is 131 Å². The molecule has 0 rings (SSSR count). The highest BCUT2D eigenvalue weighted by Crippen LogP contribution is 2.42. The normalized spacial score (nSPS) is 13.4. The molecule has 0 bridgehead atoms. The number of carbonyl (C=O) groups is 2. The number of unbranched alkanes of at least 4 members (excludes halogenated alkanes) is 30. The van der Waals surface area contributed by atoms with E-state index in [1.165, 1.54) is 173 Å². The smallest absolute Gasteiger partial charge is 0.463 e. The summed E-state index contributed by atoms with van der Waals surface area (Å²) < 4.78 is 27.0. The molecule has 0 saturated heterocycles. The average molecular weight is 856 g/mol. The van der Waals surface area contributed by atoms with Gasteiger partial charge in [-0.15, -0.1) is 0 Å². The fourth-order valence-corrected chi connectivity index (χ4v) is 7.88. The van der Waals surface area contributed by atoms with E-state index >= 15 is 0 Å². The molecule has 0 saturated carbocycles. The Morgan fingerprint density at radius 2 is 0.915 bits per heavy atom. The van der Waals surface area contributed by atoms with Gasteiger partial charge in [-0.1, -0.05) is 212 Å². The number of carbonyl (C=O) groups excluding carboxylic acids is 2. The van der Waals surface area contributed by atoms with Gasteiger partial charge in [0.2, 0.25) is 5.91 Å². The van der Waals surface area contributed by atoms with Crippen molar-refractivity contribution in [3.63, 3.8) is 0 Å². The predicted octanol–water partition coefficient (Wildman–Crippen LogP) is 14.3. The Hall–Kier alpha value is -1.51. The van der Waals surface area contributed by atoms with Crippen LogP contribution in [0.15, 0.2) is 24.3 Å². The number of phosphoric acid groups is 1. The molecule has 0 aliphatic rings. The third kappa shape index (κ3) is 47.4. The number of nitrogens with one attached hydrogen (secondary N) is 1. The van der Waals surface area contributed by atoms with Crippen molar-refractivity contribution in [3.05, 3.63) is 24.3 Å². The second kappa shape index (κ2) is 46.0. The van der Waals surface area contributed by atoms with Crippen LogP contribution in [0.2, 0.25) is 0 Å². The Morgan fingerprint density at radius 1 is 0.525 bits per heavy atom. The first-order valence-corrected chi connectivity index (χ1v) is 26.3. The summed E-state index contributed by atoms with van der Waals surface area (Å²) in [7, 11) is -4.42. The number of hydrogen-bond acceptors (Lipinski definition) is 7. The van der Waals surface area contributed by atoms with E-state index in [-0.39, 0.29) is 32.1 Å². The van der Waals surface area contributed by atoms with Crippen molar-refractivity contribution in [2.24, 2.45) is 0 Å². The van der Waals surface area contributed by atoms with Crippen molar-refractivity contribution in [1.82, 2.24) is 5.32 Å². The van der Waals surface area contributed by atoms with Gasteiger partial charge in [-0.25, -0.2) is 4.57 Å². The van der Waals surface area contributed by atoms with E-state index in [0.717, 1.165) is 44.9 Å². The number of esters is 1. The monoisotopic (exact) mass is 856 g/mol. The van der Waals surface area contributed by atoms with Gasteiger partial charge in [0, 0.05) is 19.4 Å². The van der Waals surface area contributed by atoms with Gasteiger partial charge in [-0.2, -0.15) is 0 Å². The highest BCUT2D eigenvalue weighted by atomic mass is 31.2. The van der Waals surface area contributed by atoms with E-state index in [4.69, 9.17) is 13.8 Å². The van der Waals surface area contributed by atoms with Crippen LogP contribution < -0.4 is 5.32 Å². The molecular formula is C49H94NO8P. The molecule has 0 heterocycles. The minimum atomic E-state index is -4.42. The molecule has 0 fully saturated rings. The van der Waals surface area contributed by atoms with Crippen LogP contribution in [0.5, 0.6) is 0 Å². The summed E-state index contributed by atoms with van der Waals surface area (Å²) in [6.45, 7) is 3.57. The van der Waals surface area contributed by atoms with Gasteiger partial charge in [0.05, 0.1) is 13.2 Å². The van der Waals surface area contributed by atoms with Crippen LogP contribution in [-0.4, -0.2) is 54.3 Å². The first-order valence-electron chi connectivity index (χ1n) is 24.8. The highest BCUT2D eigenvalue weighted by Gasteiger charge is 2.23. The lowest BCUT2D eigenvalue weighted by Gasteiger charge is -2.15. The molecule has 3 N–H and O–H groups in total. The van der Waals surface area contributed by atoms with Crippen LogP contribution >= 0.6 is 7.82 Å².